The number of hydrazone groups is 1. The molecule has 2 amide bonds. The number of ether oxygens (including phenoxy) is 1. The van der Waals surface area contributed by atoms with Crippen LogP contribution < -0.4 is 5.32 Å². The first kappa shape index (κ1) is 23.3. The third kappa shape index (κ3) is 5.20. The van der Waals surface area contributed by atoms with Gasteiger partial charge in [-0.05, 0) is 63.3 Å². The van der Waals surface area contributed by atoms with Crippen LogP contribution in [0.2, 0.25) is 0 Å². The smallest absolute Gasteiger partial charge is 0.341 e. The molecule has 0 saturated heterocycles. The number of anilines is 1. The van der Waals surface area contributed by atoms with Gasteiger partial charge in [0.15, 0.2) is 9.54 Å². The van der Waals surface area contributed by atoms with Crippen molar-refractivity contribution in [1.82, 2.24) is 5.01 Å². The number of aliphatic imine (C=N–C) groups is 1. The minimum absolute atomic E-state index is 0.133. The molecule has 1 atom stereocenters. The topological polar surface area (TPSA) is 100 Å². The molecule has 1 aliphatic carbocycles. The van der Waals surface area contributed by atoms with Crippen LogP contribution in [0.3, 0.4) is 0 Å². The lowest BCUT2D eigenvalue weighted by molar-refractivity contribution is -0.118. The van der Waals surface area contributed by atoms with E-state index in [-0.39, 0.29) is 17.8 Å². The highest BCUT2D eigenvalue weighted by atomic mass is 32.2. The molecule has 8 nitrogen and oxygen atoms in total. The predicted molar refractivity (Wildman–Crippen MR) is 131 cm³/mol. The van der Waals surface area contributed by atoms with Crippen molar-refractivity contribution in [2.45, 2.75) is 64.0 Å². The van der Waals surface area contributed by atoms with Crippen molar-refractivity contribution in [3.05, 3.63) is 16.0 Å². The molecule has 0 aromatic carbocycles. The van der Waals surface area contributed by atoms with Gasteiger partial charge < -0.3 is 10.1 Å². The van der Waals surface area contributed by atoms with Gasteiger partial charge in [0.25, 0.3) is 0 Å². The molecular formula is C21H26N4O4S3. The fraction of sp³-hybridized carbons (Fsp3) is 0.571. The molecule has 1 aromatic rings. The summed E-state index contributed by atoms with van der Waals surface area (Å²) in [5, 5.41) is 9.95. The zero-order valence-electron chi connectivity index (χ0n) is 18.1. The lowest BCUT2D eigenvalue weighted by Crippen LogP contribution is -2.24. The van der Waals surface area contributed by atoms with Crippen LogP contribution in [-0.4, -0.2) is 50.7 Å². The summed E-state index contributed by atoms with van der Waals surface area (Å²) in [6.45, 7) is 4.53. The Kier molecular flexibility index (Phi) is 7.57. The van der Waals surface area contributed by atoms with Gasteiger partial charge in [-0.15, -0.1) is 11.3 Å². The van der Waals surface area contributed by atoms with E-state index in [2.05, 4.69) is 15.4 Å². The SMILES string of the molecule is CCOC(=O)c1c(NC(=O)[C@@H](C)SC2=NN3CCCC(=O)N=C3S2)sc2c1CCCCC2. The first-order chi connectivity index (χ1) is 15.5. The maximum Gasteiger partial charge on any atom is 0.341 e. The van der Waals surface area contributed by atoms with Gasteiger partial charge in [0.05, 0.1) is 17.4 Å². The molecule has 3 heterocycles. The molecule has 4 rings (SSSR count). The largest absolute Gasteiger partial charge is 0.462 e. The maximum absolute atomic E-state index is 13.0. The van der Waals surface area contributed by atoms with Gasteiger partial charge in [0, 0.05) is 17.8 Å². The second-order valence-electron chi connectivity index (χ2n) is 7.72. The van der Waals surface area contributed by atoms with Crippen molar-refractivity contribution < 1.29 is 19.1 Å². The number of thioether (sulfide) groups is 2. The van der Waals surface area contributed by atoms with Crippen molar-refractivity contribution >= 4 is 67.2 Å². The first-order valence-electron chi connectivity index (χ1n) is 10.9. The minimum atomic E-state index is -0.432. The van der Waals surface area contributed by atoms with Crippen LogP contribution >= 0.6 is 34.9 Å². The highest BCUT2D eigenvalue weighted by molar-refractivity contribution is 8.45. The zero-order chi connectivity index (χ0) is 22.7. The Morgan fingerprint density at radius 2 is 2.03 bits per heavy atom. The van der Waals surface area contributed by atoms with E-state index >= 15 is 0 Å². The lowest BCUT2D eigenvalue weighted by Gasteiger charge is -2.12. The highest BCUT2D eigenvalue weighted by Gasteiger charge is 2.31. The molecule has 0 saturated carbocycles. The summed E-state index contributed by atoms with van der Waals surface area (Å²) in [5.41, 5.74) is 1.56. The number of hydrogen-bond donors (Lipinski definition) is 1. The van der Waals surface area contributed by atoms with Gasteiger partial charge in [-0.3, -0.25) is 9.59 Å². The molecule has 2 aliphatic heterocycles. The van der Waals surface area contributed by atoms with E-state index in [4.69, 9.17) is 4.74 Å². The number of carbonyl (C=O) groups excluding carboxylic acids is 3. The van der Waals surface area contributed by atoms with Gasteiger partial charge in [0.2, 0.25) is 11.8 Å². The van der Waals surface area contributed by atoms with Crippen molar-refractivity contribution in [3.8, 4) is 0 Å². The molecule has 0 fully saturated rings. The summed E-state index contributed by atoms with van der Waals surface area (Å²) in [6.07, 6.45) is 6.19. The second kappa shape index (κ2) is 10.4. The van der Waals surface area contributed by atoms with E-state index in [1.807, 2.05) is 6.92 Å². The van der Waals surface area contributed by atoms with Crippen LogP contribution in [-0.2, 0) is 27.2 Å². The van der Waals surface area contributed by atoms with Gasteiger partial charge in [0.1, 0.15) is 5.00 Å². The number of nitrogens with one attached hydrogen (secondary N) is 1. The van der Waals surface area contributed by atoms with Crippen LogP contribution in [0.15, 0.2) is 10.1 Å². The maximum atomic E-state index is 13.0. The van der Waals surface area contributed by atoms with Gasteiger partial charge in [-0.2, -0.15) is 10.1 Å². The van der Waals surface area contributed by atoms with Crippen LogP contribution in [0.25, 0.3) is 0 Å². The van der Waals surface area contributed by atoms with E-state index in [9.17, 15) is 14.4 Å². The van der Waals surface area contributed by atoms with Gasteiger partial charge >= 0.3 is 5.97 Å². The van der Waals surface area contributed by atoms with Crippen molar-refractivity contribution in [2.75, 3.05) is 18.5 Å². The molecule has 0 unspecified atom stereocenters. The fourth-order valence-electron chi connectivity index (χ4n) is 3.78. The minimum Gasteiger partial charge on any atom is -0.462 e. The van der Waals surface area contributed by atoms with Crippen LogP contribution in [0.4, 0.5) is 5.00 Å². The number of aryl methyl sites for hydroxylation is 1. The van der Waals surface area contributed by atoms with E-state index < -0.39 is 5.25 Å². The zero-order valence-corrected chi connectivity index (χ0v) is 20.6. The number of amidine groups is 1. The summed E-state index contributed by atoms with van der Waals surface area (Å²) in [6, 6.07) is 0. The summed E-state index contributed by atoms with van der Waals surface area (Å²) < 4.78 is 5.99. The molecule has 0 bridgehead atoms. The van der Waals surface area contributed by atoms with Crippen molar-refractivity contribution in [3.63, 3.8) is 0 Å². The number of carbonyl (C=O) groups is 3. The summed E-state index contributed by atoms with van der Waals surface area (Å²) >= 11 is 4.14. The first-order valence-corrected chi connectivity index (χ1v) is 13.4. The van der Waals surface area contributed by atoms with Gasteiger partial charge in [-0.25, -0.2) is 9.80 Å². The predicted octanol–water partition coefficient (Wildman–Crippen LogP) is 4.25. The standard InChI is InChI=1S/C21H26N4O4S3/c1-3-29-19(28)16-13-8-5-4-6-9-14(13)31-18(16)23-17(27)12(2)30-21-24-25-11-7-10-15(26)22-20(25)32-21/h12H,3-11H2,1-2H3,(H,23,27)/t12-/m1/s1. The van der Waals surface area contributed by atoms with E-state index in [1.54, 1.807) is 11.9 Å². The molecule has 1 N–H and O–H groups in total. The molecule has 3 aliphatic rings. The lowest BCUT2D eigenvalue weighted by atomic mass is 10.1. The number of amides is 2. The van der Waals surface area contributed by atoms with Crippen molar-refractivity contribution in [2.24, 2.45) is 10.1 Å². The number of esters is 1. The fourth-order valence-corrected chi connectivity index (χ4v) is 7.20. The second-order valence-corrected chi connectivity index (χ2v) is 11.4. The van der Waals surface area contributed by atoms with Crippen LogP contribution in [0.5, 0.6) is 0 Å². The molecule has 0 spiro atoms. The summed E-state index contributed by atoms with van der Waals surface area (Å²) in [7, 11) is 0. The Balaban J connectivity index is 1.47. The third-order valence-electron chi connectivity index (χ3n) is 5.37. The Labute approximate surface area is 199 Å². The van der Waals surface area contributed by atoms with Crippen molar-refractivity contribution in [1.29, 1.82) is 0 Å². The molecule has 11 heteroatoms. The quantitative estimate of drug-likeness (QED) is 0.482. The van der Waals surface area contributed by atoms with Gasteiger partial charge in [-0.1, -0.05) is 18.2 Å². The number of fused-ring (bicyclic) bond motifs is 2. The summed E-state index contributed by atoms with van der Waals surface area (Å²) in [4.78, 5) is 42.7. The molecule has 0 radical (unpaired) electrons. The Morgan fingerprint density at radius 3 is 2.84 bits per heavy atom. The normalized spacial score (nSPS) is 19.2. The average molecular weight is 495 g/mol. The summed E-state index contributed by atoms with van der Waals surface area (Å²) in [5.74, 6) is -0.694. The number of thiophene rings is 1. The van der Waals surface area contributed by atoms with Crippen LogP contribution in [0, 0.1) is 0 Å². The Hall–Kier alpha value is -1.85. The molecule has 1 aromatic heterocycles. The Bertz CT molecular complexity index is 988. The monoisotopic (exact) mass is 494 g/mol. The molecule has 172 valence electrons. The van der Waals surface area contributed by atoms with E-state index in [1.165, 1.54) is 39.7 Å². The molecular weight excluding hydrogens is 468 g/mol. The van der Waals surface area contributed by atoms with E-state index in [0.29, 0.717) is 46.1 Å². The van der Waals surface area contributed by atoms with E-state index in [0.717, 1.165) is 37.7 Å². The number of nitrogens with zero attached hydrogens (tertiary/aromatic N) is 3. The highest BCUT2D eigenvalue weighted by Crippen LogP contribution is 2.39. The number of hydrogen-bond acceptors (Lipinski definition) is 9. The molecule has 32 heavy (non-hydrogen) atoms. The number of rotatable bonds is 5. The van der Waals surface area contributed by atoms with Crippen LogP contribution in [0.1, 0.15) is 66.8 Å². The Morgan fingerprint density at radius 1 is 1.22 bits per heavy atom. The average Bonchev–Trinajstić information content (AvgIpc) is 3.11. The third-order valence-corrected chi connectivity index (χ3v) is 8.70.